The van der Waals surface area contributed by atoms with Crippen LogP contribution in [0.15, 0.2) is 18.2 Å². The standard InChI is InChI=1S/C8H8BrNO4/c9-3-4-14-8-5-6(11)1-2-7(8)10(12)13/h1-2,5,11H,3-4H2. The molecule has 0 saturated carbocycles. The van der Waals surface area contributed by atoms with E-state index in [1.54, 1.807) is 0 Å². The van der Waals surface area contributed by atoms with E-state index in [-0.39, 0.29) is 17.2 Å². The molecule has 76 valence electrons. The van der Waals surface area contributed by atoms with Gasteiger partial charge in [0.05, 0.1) is 11.5 Å². The minimum atomic E-state index is -0.553. The van der Waals surface area contributed by atoms with Gasteiger partial charge in [0, 0.05) is 17.5 Å². The fraction of sp³-hybridized carbons (Fsp3) is 0.250. The molecule has 6 heteroatoms. The molecule has 0 aliphatic heterocycles. The molecule has 0 fully saturated rings. The summed E-state index contributed by atoms with van der Waals surface area (Å²) in [4.78, 5) is 9.98. The number of alkyl halides is 1. The van der Waals surface area contributed by atoms with Crippen LogP contribution in [0.2, 0.25) is 0 Å². The van der Waals surface area contributed by atoms with E-state index in [1.807, 2.05) is 0 Å². The van der Waals surface area contributed by atoms with Crippen LogP contribution >= 0.6 is 15.9 Å². The highest BCUT2D eigenvalue weighted by Gasteiger charge is 2.14. The van der Waals surface area contributed by atoms with Gasteiger partial charge in [0.2, 0.25) is 5.75 Å². The molecule has 1 N–H and O–H groups in total. The number of halogens is 1. The van der Waals surface area contributed by atoms with Crippen LogP contribution in [0.3, 0.4) is 0 Å². The molecule has 0 aromatic heterocycles. The van der Waals surface area contributed by atoms with Crippen molar-refractivity contribution in [2.45, 2.75) is 0 Å². The summed E-state index contributed by atoms with van der Waals surface area (Å²) in [7, 11) is 0. The van der Waals surface area contributed by atoms with Gasteiger partial charge in [0.25, 0.3) is 0 Å². The smallest absolute Gasteiger partial charge is 0.311 e. The summed E-state index contributed by atoms with van der Waals surface area (Å²) in [6, 6.07) is 3.68. The van der Waals surface area contributed by atoms with Crippen molar-refractivity contribution in [3.63, 3.8) is 0 Å². The summed E-state index contributed by atoms with van der Waals surface area (Å²) in [5.74, 6) is 0.0228. The lowest BCUT2D eigenvalue weighted by Crippen LogP contribution is -2.00. The summed E-state index contributed by atoms with van der Waals surface area (Å²) < 4.78 is 5.08. The average molecular weight is 262 g/mol. The largest absolute Gasteiger partial charge is 0.508 e. The number of nitro groups is 1. The molecule has 0 bridgehead atoms. The van der Waals surface area contributed by atoms with E-state index in [9.17, 15) is 10.1 Å². The molecule has 14 heavy (non-hydrogen) atoms. The Bertz CT molecular complexity index is 342. The number of phenolic OH excluding ortho intramolecular Hbond substituents is 1. The van der Waals surface area contributed by atoms with Gasteiger partial charge < -0.3 is 9.84 Å². The maximum absolute atomic E-state index is 10.5. The molecule has 0 atom stereocenters. The number of nitro benzene ring substituents is 1. The van der Waals surface area contributed by atoms with Gasteiger partial charge in [0.15, 0.2) is 0 Å². The topological polar surface area (TPSA) is 72.6 Å². The Morgan fingerprint density at radius 1 is 1.57 bits per heavy atom. The van der Waals surface area contributed by atoms with Crippen LogP contribution < -0.4 is 4.74 Å². The highest BCUT2D eigenvalue weighted by molar-refractivity contribution is 9.09. The summed E-state index contributed by atoms with van der Waals surface area (Å²) in [5, 5.41) is 20.2. The van der Waals surface area contributed by atoms with E-state index in [1.165, 1.54) is 18.2 Å². The second kappa shape index (κ2) is 4.80. The van der Waals surface area contributed by atoms with Crippen LogP contribution in [0.25, 0.3) is 0 Å². The number of ether oxygens (including phenoxy) is 1. The monoisotopic (exact) mass is 261 g/mol. The molecule has 0 amide bonds. The Morgan fingerprint density at radius 2 is 2.29 bits per heavy atom. The second-order valence-corrected chi connectivity index (χ2v) is 3.24. The van der Waals surface area contributed by atoms with Crippen LogP contribution in [-0.2, 0) is 0 Å². The SMILES string of the molecule is O=[N+]([O-])c1ccc(O)cc1OCCBr. The summed E-state index contributed by atoms with van der Waals surface area (Å²) >= 11 is 3.13. The maximum Gasteiger partial charge on any atom is 0.311 e. The van der Waals surface area contributed by atoms with Crippen LogP contribution in [-0.4, -0.2) is 22.0 Å². The first-order valence-electron chi connectivity index (χ1n) is 3.81. The molecule has 0 aliphatic rings. The molecular formula is C8H8BrNO4. The Hall–Kier alpha value is -1.30. The molecule has 0 radical (unpaired) electrons. The molecule has 1 aromatic rings. The quantitative estimate of drug-likeness (QED) is 0.512. The summed E-state index contributed by atoms with van der Waals surface area (Å²) in [6.45, 7) is 0.310. The Morgan fingerprint density at radius 3 is 2.86 bits per heavy atom. The van der Waals surface area contributed by atoms with E-state index in [0.717, 1.165) is 0 Å². The van der Waals surface area contributed by atoms with Crippen molar-refractivity contribution in [3.8, 4) is 11.5 Å². The lowest BCUT2D eigenvalue weighted by atomic mass is 10.3. The van der Waals surface area contributed by atoms with E-state index in [4.69, 9.17) is 9.84 Å². The van der Waals surface area contributed by atoms with Gasteiger partial charge >= 0.3 is 5.69 Å². The highest BCUT2D eigenvalue weighted by Crippen LogP contribution is 2.30. The lowest BCUT2D eigenvalue weighted by molar-refractivity contribution is -0.385. The van der Waals surface area contributed by atoms with Crippen LogP contribution in [0.4, 0.5) is 5.69 Å². The number of rotatable bonds is 4. The zero-order valence-corrected chi connectivity index (χ0v) is 8.73. The van der Waals surface area contributed by atoms with Gasteiger partial charge in [-0.25, -0.2) is 0 Å². The Labute approximate surface area is 88.6 Å². The van der Waals surface area contributed by atoms with Crippen molar-refractivity contribution in [1.82, 2.24) is 0 Å². The minimum Gasteiger partial charge on any atom is -0.508 e. The predicted molar refractivity (Wildman–Crippen MR) is 54.1 cm³/mol. The van der Waals surface area contributed by atoms with Crippen molar-refractivity contribution in [2.24, 2.45) is 0 Å². The van der Waals surface area contributed by atoms with Crippen molar-refractivity contribution >= 4 is 21.6 Å². The van der Waals surface area contributed by atoms with E-state index in [0.29, 0.717) is 11.9 Å². The third-order valence-corrected chi connectivity index (χ3v) is 1.80. The summed E-state index contributed by atoms with van der Waals surface area (Å²) in [6.07, 6.45) is 0. The fourth-order valence-electron chi connectivity index (χ4n) is 0.918. The Balaban J connectivity index is 2.97. The lowest BCUT2D eigenvalue weighted by Gasteiger charge is -2.04. The number of phenols is 1. The molecule has 0 aliphatic carbocycles. The van der Waals surface area contributed by atoms with Gasteiger partial charge in [-0.05, 0) is 6.07 Å². The number of hydrogen-bond acceptors (Lipinski definition) is 4. The Kier molecular flexibility index (Phi) is 3.70. The minimum absolute atomic E-state index is 0.0554. The number of aromatic hydroxyl groups is 1. The van der Waals surface area contributed by atoms with Crippen molar-refractivity contribution < 1.29 is 14.8 Å². The van der Waals surface area contributed by atoms with E-state index >= 15 is 0 Å². The van der Waals surface area contributed by atoms with Crippen molar-refractivity contribution in [2.75, 3.05) is 11.9 Å². The first-order chi connectivity index (χ1) is 6.65. The van der Waals surface area contributed by atoms with Gasteiger partial charge in [-0.15, -0.1) is 0 Å². The number of benzene rings is 1. The normalized spacial score (nSPS) is 9.79. The first kappa shape index (κ1) is 10.8. The third-order valence-electron chi connectivity index (χ3n) is 1.47. The van der Waals surface area contributed by atoms with Gasteiger partial charge in [0.1, 0.15) is 5.75 Å². The van der Waals surface area contributed by atoms with E-state index < -0.39 is 4.92 Å². The van der Waals surface area contributed by atoms with Gasteiger partial charge in [-0.2, -0.15) is 0 Å². The molecule has 5 nitrogen and oxygen atoms in total. The van der Waals surface area contributed by atoms with Crippen molar-refractivity contribution in [3.05, 3.63) is 28.3 Å². The highest BCUT2D eigenvalue weighted by atomic mass is 79.9. The van der Waals surface area contributed by atoms with Gasteiger partial charge in [-0.3, -0.25) is 10.1 Å². The molecule has 0 spiro atoms. The second-order valence-electron chi connectivity index (χ2n) is 2.45. The summed E-state index contributed by atoms with van der Waals surface area (Å²) in [5.41, 5.74) is -0.149. The van der Waals surface area contributed by atoms with E-state index in [2.05, 4.69) is 15.9 Å². The first-order valence-corrected chi connectivity index (χ1v) is 4.93. The van der Waals surface area contributed by atoms with Gasteiger partial charge in [-0.1, -0.05) is 15.9 Å². The molecule has 1 rings (SSSR count). The van der Waals surface area contributed by atoms with Crippen LogP contribution in [0.1, 0.15) is 0 Å². The zero-order chi connectivity index (χ0) is 10.6. The molecule has 0 heterocycles. The molecule has 1 aromatic carbocycles. The number of hydrogen-bond donors (Lipinski definition) is 1. The van der Waals surface area contributed by atoms with Crippen molar-refractivity contribution in [1.29, 1.82) is 0 Å². The zero-order valence-electron chi connectivity index (χ0n) is 7.14. The number of nitrogens with zero attached hydrogens (tertiary/aromatic N) is 1. The maximum atomic E-state index is 10.5. The molecule has 0 saturated heterocycles. The predicted octanol–water partition coefficient (Wildman–Crippen LogP) is 2.07. The molecule has 0 unspecified atom stereocenters. The molecular weight excluding hydrogens is 254 g/mol. The van der Waals surface area contributed by atoms with Crippen LogP contribution in [0, 0.1) is 10.1 Å². The fourth-order valence-corrected chi connectivity index (χ4v) is 1.08. The average Bonchev–Trinajstić information content (AvgIpc) is 2.14. The van der Waals surface area contributed by atoms with Crippen LogP contribution in [0.5, 0.6) is 11.5 Å². The third kappa shape index (κ3) is 2.59.